The molecular formula is C66H122O5. The molecule has 0 aliphatic heterocycles. The van der Waals surface area contributed by atoms with Crippen LogP contribution in [0.5, 0.6) is 0 Å². The van der Waals surface area contributed by atoms with Gasteiger partial charge in [0, 0.05) is 12.8 Å². The second-order valence-corrected chi connectivity index (χ2v) is 21.5. The lowest BCUT2D eigenvalue weighted by Crippen LogP contribution is -2.28. The topological polar surface area (TPSA) is 72.8 Å². The third-order valence-corrected chi connectivity index (χ3v) is 14.4. The summed E-state index contributed by atoms with van der Waals surface area (Å²) >= 11 is 0. The highest BCUT2D eigenvalue weighted by atomic mass is 16.6. The van der Waals surface area contributed by atoms with Crippen molar-refractivity contribution >= 4 is 11.9 Å². The van der Waals surface area contributed by atoms with Gasteiger partial charge < -0.3 is 14.6 Å². The molecule has 0 radical (unpaired) electrons. The van der Waals surface area contributed by atoms with E-state index in [1.165, 1.54) is 257 Å². The summed E-state index contributed by atoms with van der Waals surface area (Å²) in [7, 11) is 0. The summed E-state index contributed by atoms with van der Waals surface area (Å²) in [4.78, 5) is 24.6. The van der Waals surface area contributed by atoms with Crippen molar-refractivity contribution in [1.82, 2.24) is 0 Å². The maximum atomic E-state index is 12.3. The van der Waals surface area contributed by atoms with Crippen molar-refractivity contribution in [2.75, 3.05) is 13.2 Å². The quantitative estimate of drug-likeness (QED) is 0.0373. The van der Waals surface area contributed by atoms with Crippen molar-refractivity contribution < 1.29 is 24.2 Å². The molecule has 0 aromatic rings. The molecule has 0 spiro atoms. The zero-order valence-corrected chi connectivity index (χ0v) is 47.8. The zero-order chi connectivity index (χ0) is 51.3. The zero-order valence-electron chi connectivity index (χ0n) is 47.8. The van der Waals surface area contributed by atoms with Crippen LogP contribution in [0.25, 0.3) is 0 Å². The van der Waals surface area contributed by atoms with Gasteiger partial charge in [-0.2, -0.15) is 0 Å². The molecule has 0 aromatic heterocycles. The summed E-state index contributed by atoms with van der Waals surface area (Å²) in [5, 5.41) is 9.68. The van der Waals surface area contributed by atoms with Crippen LogP contribution < -0.4 is 0 Å². The fourth-order valence-electron chi connectivity index (χ4n) is 9.67. The van der Waals surface area contributed by atoms with Crippen LogP contribution in [0.1, 0.15) is 341 Å². The minimum atomic E-state index is -0.773. The number of aliphatic hydroxyl groups excluding tert-OH is 1. The number of esters is 2. The predicted octanol–water partition coefficient (Wildman–Crippen LogP) is 21.6. The van der Waals surface area contributed by atoms with Gasteiger partial charge in [0.05, 0.1) is 6.61 Å². The normalized spacial score (nSPS) is 12.4. The van der Waals surface area contributed by atoms with E-state index in [9.17, 15) is 14.7 Å². The number of carbonyl (C=O) groups is 2. The van der Waals surface area contributed by atoms with Crippen LogP contribution in [0.3, 0.4) is 0 Å². The standard InChI is InChI=1S/C66H122O5/c1-3-5-7-9-11-13-15-17-19-21-23-25-27-29-30-31-32-33-34-35-37-38-40-42-44-46-48-50-52-54-56-58-60-65(68)70-63-64(62-67)71-66(69)61-59-57-55-53-51-49-47-45-43-41-39-36-28-26-24-22-20-18-16-14-12-10-8-6-4-2/h6,8,12,14,18,20,24,26,64,67H,3-5,7,9-11,13,15-17,19,21-23,25,27-63H2,1-2H3/b8-6-,14-12-,20-18-,26-24-. The van der Waals surface area contributed by atoms with Gasteiger partial charge in [-0.25, -0.2) is 0 Å². The Morgan fingerprint density at radius 1 is 0.338 bits per heavy atom. The molecule has 5 nitrogen and oxygen atoms in total. The molecule has 0 aliphatic rings. The van der Waals surface area contributed by atoms with Crippen molar-refractivity contribution in [3.63, 3.8) is 0 Å². The molecule has 5 heteroatoms. The van der Waals surface area contributed by atoms with E-state index in [4.69, 9.17) is 9.47 Å². The smallest absolute Gasteiger partial charge is 0.306 e. The Hall–Kier alpha value is -2.14. The lowest BCUT2D eigenvalue weighted by atomic mass is 10.0. The molecule has 0 fully saturated rings. The molecule has 71 heavy (non-hydrogen) atoms. The van der Waals surface area contributed by atoms with Crippen LogP contribution >= 0.6 is 0 Å². The highest BCUT2D eigenvalue weighted by Crippen LogP contribution is 2.18. The molecule has 0 rings (SSSR count). The maximum Gasteiger partial charge on any atom is 0.306 e. The van der Waals surface area contributed by atoms with E-state index in [0.29, 0.717) is 12.8 Å². The fraction of sp³-hybridized carbons (Fsp3) is 0.848. The lowest BCUT2D eigenvalue weighted by molar-refractivity contribution is -0.161. The van der Waals surface area contributed by atoms with E-state index in [2.05, 4.69) is 62.5 Å². The number of allylic oxidation sites excluding steroid dienone is 8. The molecule has 1 N–H and O–H groups in total. The van der Waals surface area contributed by atoms with Gasteiger partial charge in [0.1, 0.15) is 6.61 Å². The van der Waals surface area contributed by atoms with Crippen molar-refractivity contribution in [2.45, 2.75) is 347 Å². The summed E-state index contributed by atoms with van der Waals surface area (Å²) in [6.07, 6.45) is 82.7. The van der Waals surface area contributed by atoms with Crippen LogP contribution in [-0.2, 0) is 19.1 Å². The molecule has 0 bridgehead atoms. The lowest BCUT2D eigenvalue weighted by Gasteiger charge is -2.15. The van der Waals surface area contributed by atoms with Crippen molar-refractivity contribution in [3.05, 3.63) is 48.6 Å². The van der Waals surface area contributed by atoms with Crippen LogP contribution in [0.15, 0.2) is 48.6 Å². The number of unbranched alkanes of at least 4 members (excludes halogenated alkanes) is 43. The number of ether oxygens (including phenoxy) is 2. The first kappa shape index (κ1) is 68.9. The van der Waals surface area contributed by atoms with Crippen LogP contribution in [0.4, 0.5) is 0 Å². The Morgan fingerprint density at radius 3 is 0.915 bits per heavy atom. The van der Waals surface area contributed by atoms with Crippen molar-refractivity contribution in [1.29, 1.82) is 0 Å². The number of carbonyl (C=O) groups excluding carboxylic acids is 2. The molecule has 0 heterocycles. The molecule has 0 aromatic carbocycles. The van der Waals surface area contributed by atoms with Gasteiger partial charge in [-0.3, -0.25) is 9.59 Å². The first-order valence-corrected chi connectivity index (χ1v) is 31.7. The summed E-state index contributed by atoms with van der Waals surface area (Å²) in [5.74, 6) is -0.576. The Labute approximate surface area is 443 Å². The van der Waals surface area contributed by atoms with Gasteiger partial charge in [-0.15, -0.1) is 0 Å². The van der Waals surface area contributed by atoms with Crippen molar-refractivity contribution in [3.8, 4) is 0 Å². The Balaban J connectivity index is 3.41. The van der Waals surface area contributed by atoms with E-state index >= 15 is 0 Å². The summed E-state index contributed by atoms with van der Waals surface area (Å²) in [6.45, 7) is 4.08. The van der Waals surface area contributed by atoms with Crippen LogP contribution in [-0.4, -0.2) is 36.4 Å². The van der Waals surface area contributed by atoms with Crippen LogP contribution in [0.2, 0.25) is 0 Å². The maximum absolute atomic E-state index is 12.3. The second kappa shape index (κ2) is 62.2. The van der Waals surface area contributed by atoms with Gasteiger partial charge >= 0.3 is 11.9 Å². The van der Waals surface area contributed by atoms with E-state index in [1.54, 1.807) is 0 Å². The third kappa shape index (κ3) is 60.3. The minimum absolute atomic E-state index is 0.0628. The predicted molar refractivity (Wildman–Crippen MR) is 311 cm³/mol. The molecule has 1 atom stereocenters. The SMILES string of the molecule is CC/C=C\C/C=C\C/C=C\C/C=C\CCCCCCCCCCCCCCC(=O)OC(CO)COC(=O)CCCCCCCCCCCCCCCCCCCCCCCCCCCCCCCCCC. The van der Waals surface area contributed by atoms with Crippen LogP contribution in [0, 0.1) is 0 Å². The molecular weight excluding hydrogens is 873 g/mol. The third-order valence-electron chi connectivity index (χ3n) is 14.4. The molecule has 0 aliphatic carbocycles. The molecule has 416 valence electrons. The first-order chi connectivity index (χ1) is 35.1. The number of rotatable bonds is 59. The highest BCUT2D eigenvalue weighted by molar-refractivity contribution is 5.70. The summed E-state index contributed by atoms with van der Waals surface area (Å²) < 4.78 is 10.7. The highest BCUT2D eigenvalue weighted by Gasteiger charge is 2.16. The van der Waals surface area contributed by atoms with E-state index in [-0.39, 0.29) is 25.2 Å². The van der Waals surface area contributed by atoms with Gasteiger partial charge in [-0.1, -0.05) is 326 Å². The second-order valence-electron chi connectivity index (χ2n) is 21.5. The first-order valence-electron chi connectivity index (χ1n) is 31.7. The summed E-state index contributed by atoms with van der Waals surface area (Å²) in [5.41, 5.74) is 0. The van der Waals surface area contributed by atoms with Gasteiger partial charge in [0.15, 0.2) is 6.10 Å². The Kier molecular flexibility index (Phi) is 60.3. The number of hydrogen-bond donors (Lipinski definition) is 1. The number of aliphatic hydroxyl groups is 1. The minimum Gasteiger partial charge on any atom is -0.462 e. The Morgan fingerprint density at radius 2 is 0.606 bits per heavy atom. The monoisotopic (exact) mass is 995 g/mol. The Bertz CT molecular complexity index is 1170. The largest absolute Gasteiger partial charge is 0.462 e. The van der Waals surface area contributed by atoms with Gasteiger partial charge in [0.25, 0.3) is 0 Å². The van der Waals surface area contributed by atoms with E-state index in [0.717, 1.165) is 57.8 Å². The van der Waals surface area contributed by atoms with E-state index in [1.807, 2.05) is 0 Å². The molecule has 0 saturated carbocycles. The average Bonchev–Trinajstić information content (AvgIpc) is 3.37. The number of hydrogen-bond acceptors (Lipinski definition) is 5. The van der Waals surface area contributed by atoms with E-state index < -0.39 is 6.10 Å². The molecule has 1 unspecified atom stereocenters. The van der Waals surface area contributed by atoms with Gasteiger partial charge in [0.2, 0.25) is 0 Å². The average molecular weight is 996 g/mol. The molecule has 0 saturated heterocycles. The molecule has 0 amide bonds. The summed E-state index contributed by atoms with van der Waals surface area (Å²) in [6, 6.07) is 0. The van der Waals surface area contributed by atoms with Gasteiger partial charge in [-0.05, 0) is 51.4 Å². The fourth-order valence-corrected chi connectivity index (χ4v) is 9.67. The van der Waals surface area contributed by atoms with Crippen molar-refractivity contribution in [2.24, 2.45) is 0 Å².